The van der Waals surface area contributed by atoms with E-state index in [4.69, 9.17) is 5.73 Å². The lowest BCUT2D eigenvalue weighted by atomic mass is 9.81. The van der Waals surface area contributed by atoms with Crippen molar-refractivity contribution in [2.75, 3.05) is 6.54 Å². The summed E-state index contributed by atoms with van der Waals surface area (Å²) in [4.78, 5) is 1.01. The van der Waals surface area contributed by atoms with E-state index in [0.717, 1.165) is 16.9 Å². The SMILES string of the molecule is CCC(C)(CN)c1cc(C)sc1F. The number of hydrogen-bond donors (Lipinski definition) is 1. The molecular weight excluding hydrogens is 185 g/mol. The summed E-state index contributed by atoms with van der Waals surface area (Å²) in [7, 11) is 0. The van der Waals surface area contributed by atoms with Gasteiger partial charge in [-0.25, -0.2) is 0 Å². The van der Waals surface area contributed by atoms with E-state index in [0.29, 0.717) is 6.54 Å². The van der Waals surface area contributed by atoms with Crippen LogP contribution in [-0.4, -0.2) is 6.54 Å². The number of rotatable bonds is 3. The zero-order valence-electron chi connectivity index (χ0n) is 8.36. The fraction of sp³-hybridized carbons (Fsp3) is 0.600. The zero-order chi connectivity index (χ0) is 10.1. The van der Waals surface area contributed by atoms with Crippen molar-refractivity contribution < 1.29 is 4.39 Å². The van der Waals surface area contributed by atoms with Gasteiger partial charge in [0.2, 0.25) is 0 Å². The van der Waals surface area contributed by atoms with Gasteiger partial charge >= 0.3 is 0 Å². The highest BCUT2D eigenvalue weighted by Crippen LogP contribution is 2.33. The third kappa shape index (κ3) is 1.92. The predicted molar refractivity (Wildman–Crippen MR) is 55.7 cm³/mol. The van der Waals surface area contributed by atoms with Gasteiger partial charge in [0.25, 0.3) is 0 Å². The van der Waals surface area contributed by atoms with Crippen LogP contribution in [0.2, 0.25) is 0 Å². The van der Waals surface area contributed by atoms with E-state index < -0.39 is 0 Å². The molecule has 0 aliphatic heterocycles. The molecule has 1 rings (SSSR count). The van der Waals surface area contributed by atoms with Crippen molar-refractivity contribution >= 4 is 11.3 Å². The highest BCUT2D eigenvalue weighted by Gasteiger charge is 2.27. The monoisotopic (exact) mass is 201 g/mol. The van der Waals surface area contributed by atoms with E-state index in [1.165, 1.54) is 11.3 Å². The Hall–Kier alpha value is -0.410. The molecule has 0 spiro atoms. The molecular formula is C10H16FNS. The van der Waals surface area contributed by atoms with Crippen molar-refractivity contribution in [3.8, 4) is 0 Å². The van der Waals surface area contributed by atoms with Crippen molar-refractivity contribution in [3.05, 3.63) is 21.6 Å². The summed E-state index contributed by atoms with van der Waals surface area (Å²) in [5.41, 5.74) is 6.24. The van der Waals surface area contributed by atoms with E-state index in [1.54, 1.807) is 0 Å². The van der Waals surface area contributed by atoms with Crippen LogP contribution in [0.1, 0.15) is 30.7 Å². The molecule has 1 atom stereocenters. The van der Waals surface area contributed by atoms with Crippen molar-refractivity contribution in [3.63, 3.8) is 0 Å². The van der Waals surface area contributed by atoms with Gasteiger partial charge < -0.3 is 5.73 Å². The van der Waals surface area contributed by atoms with Crippen LogP contribution in [0.4, 0.5) is 4.39 Å². The van der Waals surface area contributed by atoms with Gasteiger partial charge in [0.05, 0.1) is 0 Å². The predicted octanol–water partition coefficient (Wildman–Crippen LogP) is 2.82. The molecule has 0 aliphatic rings. The van der Waals surface area contributed by atoms with Crippen LogP contribution in [0.15, 0.2) is 6.07 Å². The summed E-state index contributed by atoms with van der Waals surface area (Å²) in [6.07, 6.45) is 0.872. The molecule has 1 unspecified atom stereocenters. The second-order valence-corrected chi connectivity index (χ2v) is 4.87. The molecule has 0 aromatic carbocycles. The second kappa shape index (κ2) is 3.76. The average molecular weight is 201 g/mol. The van der Waals surface area contributed by atoms with E-state index >= 15 is 0 Å². The maximum absolute atomic E-state index is 13.4. The van der Waals surface area contributed by atoms with Gasteiger partial charge in [-0.05, 0) is 19.4 Å². The van der Waals surface area contributed by atoms with E-state index in [-0.39, 0.29) is 10.5 Å². The number of hydrogen-bond acceptors (Lipinski definition) is 2. The highest BCUT2D eigenvalue weighted by molar-refractivity contribution is 7.10. The van der Waals surface area contributed by atoms with Gasteiger partial charge in [-0.2, -0.15) is 4.39 Å². The Balaban J connectivity index is 3.11. The fourth-order valence-corrected chi connectivity index (χ4v) is 2.22. The fourth-order valence-electron chi connectivity index (χ4n) is 1.34. The standard InChI is InChI=1S/C10H16FNS/c1-4-10(3,6-12)8-5-7(2)13-9(8)11/h5H,4,6,12H2,1-3H3. The van der Waals surface area contributed by atoms with E-state index in [2.05, 4.69) is 0 Å². The molecule has 0 saturated heterocycles. The maximum Gasteiger partial charge on any atom is 0.180 e. The van der Waals surface area contributed by atoms with Gasteiger partial charge in [-0.1, -0.05) is 13.8 Å². The summed E-state index contributed by atoms with van der Waals surface area (Å²) in [5.74, 6) is 0. The molecule has 0 aliphatic carbocycles. The van der Waals surface area contributed by atoms with Crippen molar-refractivity contribution in [2.45, 2.75) is 32.6 Å². The van der Waals surface area contributed by atoms with Gasteiger partial charge in [0.1, 0.15) is 0 Å². The van der Waals surface area contributed by atoms with E-state index in [9.17, 15) is 4.39 Å². The maximum atomic E-state index is 13.4. The van der Waals surface area contributed by atoms with Crippen LogP contribution < -0.4 is 5.73 Å². The molecule has 1 aromatic rings. The van der Waals surface area contributed by atoms with Crippen molar-refractivity contribution in [1.29, 1.82) is 0 Å². The number of halogens is 1. The summed E-state index contributed by atoms with van der Waals surface area (Å²) in [6.45, 7) is 6.47. The normalized spacial score (nSPS) is 15.8. The molecule has 13 heavy (non-hydrogen) atoms. The first-order chi connectivity index (χ1) is 6.03. The van der Waals surface area contributed by atoms with Crippen LogP contribution in [-0.2, 0) is 5.41 Å². The quantitative estimate of drug-likeness (QED) is 0.799. The highest BCUT2D eigenvalue weighted by atomic mass is 32.1. The third-order valence-electron chi connectivity index (χ3n) is 2.69. The van der Waals surface area contributed by atoms with Crippen LogP contribution in [0.3, 0.4) is 0 Å². The Morgan fingerprint density at radius 2 is 2.23 bits per heavy atom. The third-order valence-corrected chi connectivity index (χ3v) is 3.53. The smallest absolute Gasteiger partial charge is 0.180 e. The zero-order valence-corrected chi connectivity index (χ0v) is 9.17. The molecule has 0 saturated carbocycles. The molecule has 0 radical (unpaired) electrons. The molecule has 1 heterocycles. The van der Waals surface area contributed by atoms with Gasteiger partial charge in [-0.15, -0.1) is 11.3 Å². The minimum absolute atomic E-state index is 0.0766. The lowest BCUT2D eigenvalue weighted by molar-refractivity contribution is 0.446. The number of nitrogens with two attached hydrogens (primary N) is 1. The van der Waals surface area contributed by atoms with Gasteiger partial charge in [0.15, 0.2) is 5.13 Å². The largest absolute Gasteiger partial charge is 0.330 e. The van der Waals surface area contributed by atoms with Crippen molar-refractivity contribution in [2.24, 2.45) is 5.73 Å². The average Bonchev–Trinajstić information content (AvgIpc) is 2.44. The summed E-state index contributed by atoms with van der Waals surface area (Å²) in [6, 6.07) is 1.91. The van der Waals surface area contributed by atoms with Crippen LogP contribution in [0.5, 0.6) is 0 Å². The molecule has 0 fully saturated rings. The summed E-state index contributed by atoms with van der Waals surface area (Å²) < 4.78 is 13.4. The minimum atomic E-state index is -0.200. The lowest BCUT2D eigenvalue weighted by Gasteiger charge is -2.25. The first-order valence-electron chi connectivity index (χ1n) is 4.50. The minimum Gasteiger partial charge on any atom is -0.330 e. The molecule has 2 N–H and O–H groups in total. The first kappa shape index (κ1) is 10.7. The van der Waals surface area contributed by atoms with Crippen LogP contribution in [0, 0.1) is 12.1 Å². The number of thiophene rings is 1. The van der Waals surface area contributed by atoms with Gasteiger partial charge in [-0.3, -0.25) is 0 Å². The Kier molecular flexibility index (Phi) is 3.09. The second-order valence-electron chi connectivity index (χ2n) is 3.66. The Labute approximate surface area is 82.8 Å². The molecule has 0 bridgehead atoms. The Bertz CT molecular complexity index is 289. The Morgan fingerprint density at radius 1 is 1.62 bits per heavy atom. The topological polar surface area (TPSA) is 26.0 Å². The first-order valence-corrected chi connectivity index (χ1v) is 5.31. The molecule has 3 heteroatoms. The summed E-state index contributed by atoms with van der Waals surface area (Å²) in [5, 5.41) is -0.0766. The van der Waals surface area contributed by atoms with Crippen LogP contribution >= 0.6 is 11.3 Å². The summed E-state index contributed by atoms with van der Waals surface area (Å²) >= 11 is 1.20. The van der Waals surface area contributed by atoms with Gasteiger partial charge in [0, 0.05) is 22.4 Å². The van der Waals surface area contributed by atoms with Crippen LogP contribution in [0.25, 0.3) is 0 Å². The van der Waals surface area contributed by atoms with Crippen molar-refractivity contribution in [1.82, 2.24) is 0 Å². The lowest BCUT2D eigenvalue weighted by Crippen LogP contribution is -2.31. The molecule has 0 amide bonds. The molecule has 1 aromatic heterocycles. The molecule has 74 valence electrons. The number of aryl methyl sites for hydroxylation is 1. The van der Waals surface area contributed by atoms with E-state index in [1.807, 2.05) is 26.8 Å². The molecule has 1 nitrogen and oxygen atoms in total. The Morgan fingerprint density at radius 3 is 2.54 bits per heavy atom.